The minimum absolute atomic E-state index is 0.0887. The van der Waals surface area contributed by atoms with Crippen LogP contribution in [-0.2, 0) is 30.2 Å². The molecule has 0 aliphatic carbocycles. The molecule has 1 saturated heterocycles. The maximum atomic E-state index is 13.3. The summed E-state index contributed by atoms with van der Waals surface area (Å²) in [7, 11) is 5.08. The number of carbonyl (C=O) groups excluding carboxylic acids is 1. The van der Waals surface area contributed by atoms with Crippen LogP contribution in [-0.4, -0.2) is 46.2 Å². The Balaban J connectivity index is 1.84. The molecular formula is C22H28N4O4. The zero-order valence-corrected chi connectivity index (χ0v) is 17.9. The van der Waals surface area contributed by atoms with Crippen molar-refractivity contribution in [3.8, 4) is 0 Å². The van der Waals surface area contributed by atoms with Gasteiger partial charge in [-0.25, -0.2) is 4.79 Å². The smallest absolute Gasteiger partial charge is 0.332 e. The number of carbonyl (C=O) groups is 1. The summed E-state index contributed by atoms with van der Waals surface area (Å²) in [5.74, 6) is 0.475. The van der Waals surface area contributed by atoms with Crippen LogP contribution in [0.1, 0.15) is 30.5 Å². The van der Waals surface area contributed by atoms with Gasteiger partial charge >= 0.3 is 11.7 Å². The topological polar surface area (TPSA) is 76.8 Å². The highest BCUT2D eigenvalue weighted by atomic mass is 16.5. The fourth-order valence-corrected chi connectivity index (χ4v) is 5.04. The van der Waals surface area contributed by atoms with Crippen molar-refractivity contribution in [2.75, 3.05) is 25.1 Å². The van der Waals surface area contributed by atoms with Gasteiger partial charge in [-0.3, -0.25) is 23.6 Å². The van der Waals surface area contributed by atoms with Crippen LogP contribution in [0, 0.1) is 5.92 Å². The van der Waals surface area contributed by atoms with E-state index in [2.05, 4.69) is 4.90 Å². The van der Waals surface area contributed by atoms with Crippen LogP contribution in [0.2, 0.25) is 0 Å². The second-order valence-corrected chi connectivity index (χ2v) is 8.18. The molecule has 2 aliphatic heterocycles. The van der Waals surface area contributed by atoms with Crippen molar-refractivity contribution < 1.29 is 9.53 Å². The number of aromatic nitrogens is 2. The van der Waals surface area contributed by atoms with Gasteiger partial charge in [0.1, 0.15) is 11.9 Å². The van der Waals surface area contributed by atoms with Crippen molar-refractivity contribution in [2.24, 2.45) is 20.0 Å². The Morgan fingerprint density at radius 2 is 1.80 bits per heavy atom. The van der Waals surface area contributed by atoms with Gasteiger partial charge in [0, 0.05) is 33.2 Å². The molecule has 3 atom stereocenters. The first-order valence-electron chi connectivity index (χ1n) is 10.3. The van der Waals surface area contributed by atoms with E-state index >= 15 is 0 Å². The lowest BCUT2D eigenvalue weighted by Crippen LogP contribution is -2.50. The predicted molar refractivity (Wildman–Crippen MR) is 113 cm³/mol. The second-order valence-electron chi connectivity index (χ2n) is 8.18. The summed E-state index contributed by atoms with van der Waals surface area (Å²) < 4.78 is 7.99. The number of rotatable bonds is 4. The van der Waals surface area contributed by atoms with Crippen molar-refractivity contribution in [3.05, 3.63) is 62.3 Å². The van der Waals surface area contributed by atoms with Crippen molar-refractivity contribution in [2.45, 2.75) is 32.0 Å². The first-order chi connectivity index (χ1) is 14.3. The van der Waals surface area contributed by atoms with E-state index in [4.69, 9.17) is 4.74 Å². The van der Waals surface area contributed by atoms with Crippen molar-refractivity contribution in [3.63, 3.8) is 0 Å². The molecule has 1 aromatic heterocycles. The molecule has 30 heavy (non-hydrogen) atoms. The molecule has 8 nitrogen and oxygen atoms in total. The number of likely N-dealkylation sites (tertiary alicyclic amines) is 1. The number of esters is 1. The Labute approximate surface area is 175 Å². The number of fused-ring (bicyclic) bond motifs is 3. The number of nitrogens with zero attached hydrogens (tertiary/aromatic N) is 4. The van der Waals surface area contributed by atoms with Gasteiger partial charge in [0.2, 0.25) is 0 Å². The summed E-state index contributed by atoms with van der Waals surface area (Å²) in [4.78, 5) is 42.6. The fourth-order valence-electron chi connectivity index (χ4n) is 5.04. The summed E-state index contributed by atoms with van der Waals surface area (Å²) in [6, 6.07) is 9.36. The molecule has 2 aromatic rings. The van der Waals surface area contributed by atoms with E-state index in [1.807, 2.05) is 42.3 Å². The van der Waals surface area contributed by atoms with Gasteiger partial charge in [0.05, 0.1) is 12.2 Å². The molecule has 0 unspecified atom stereocenters. The predicted octanol–water partition coefficient (Wildman–Crippen LogP) is 1.03. The normalized spacial score (nSPS) is 23.2. The number of hydrogen-bond acceptors (Lipinski definition) is 6. The number of likely N-dealkylation sites (N-methyl/N-ethyl adjacent to an activating group) is 1. The van der Waals surface area contributed by atoms with Crippen molar-refractivity contribution in [1.29, 1.82) is 0 Å². The molecule has 4 rings (SSSR count). The highest BCUT2D eigenvalue weighted by Gasteiger charge is 2.49. The average molecular weight is 412 g/mol. The summed E-state index contributed by atoms with van der Waals surface area (Å²) in [6.07, 6.45) is 0.622. The molecule has 1 aromatic carbocycles. The van der Waals surface area contributed by atoms with Crippen LogP contribution < -0.4 is 16.1 Å². The molecule has 0 radical (unpaired) electrons. The molecule has 1 fully saturated rings. The van der Waals surface area contributed by atoms with Crippen LogP contribution in [0.5, 0.6) is 0 Å². The molecule has 2 aliphatic rings. The van der Waals surface area contributed by atoms with Crippen LogP contribution in [0.25, 0.3) is 0 Å². The molecular weight excluding hydrogens is 384 g/mol. The first kappa shape index (κ1) is 20.4. The lowest BCUT2D eigenvalue weighted by molar-refractivity contribution is -0.148. The van der Waals surface area contributed by atoms with E-state index in [0.29, 0.717) is 37.5 Å². The second kappa shape index (κ2) is 7.75. The van der Waals surface area contributed by atoms with Crippen LogP contribution >= 0.6 is 0 Å². The minimum Gasteiger partial charge on any atom is -0.465 e. The first-order valence-corrected chi connectivity index (χ1v) is 10.3. The van der Waals surface area contributed by atoms with Crippen molar-refractivity contribution in [1.82, 2.24) is 14.0 Å². The maximum absolute atomic E-state index is 13.3. The van der Waals surface area contributed by atoms with Crippen molar-refractivity contribution >= 4 is 11.8 Å². The summed E-state index contributed by atoms with van der Waals surface area (Å²) in [5.41, 5.74) is 1.04. The standard InChI is InChI=1S/C22H28N4O4/c1-5-30-21(28)16-11-15-13-26(12-14-9-7-6-8-10-14)19-17(18(15)23(16)2)20(27)25(4)22(29)24(19)3/h6-10,15-16,18H,5,11-13H2,1-4H3/t15-,16-,18-/m1/s1. The Hall–Kier alpha value is -2.87. The maximum Gasteiger partial charge on any atom is 0.332 e. The third kappa shape index (κ3) is 3.15. The number of anilines is 1. The van der Waals surface area contributed by atoms with Gasteiger partial charge in [-0.05, 0) is 31.9 Å². The Morgan fingerprint density at radius 1 is 1.10 bits per heavy atom. The van der Waals surface area contributed by atoms with Gasteiger partial charge < -0.3 is 9.64 Å². The molecule has 0 bridgehead atoms. The third-order valence-electron chi connectivity index (χ3n) is 6.40. The SMILES string of the molecule is CCOC(=O)[C@H]1C[C@@H]2CN(Cc3ccccc3)c3c(c(=O)n(C)c(=O)n3C)[C@@H]2N1C. The van der Waals surface area contributed by atoms with E-state index in [1.165, 1.54) is 7.05 Å². The summed E-state index contributed by atoms with van der Waals surface area (Å²) >= 11 is 0. The molecule has 3 heterocycles. The van der Waals surface area contributed by atoms with Gasteiger partial charge in [0.15, 0.2) is 0 Å². The Kier molecular flexibility index (Phi) is 5.27. The van der Waals surface area contributed by atoms with E-state index in [9.17, 15) is 14.4 Å². The molecule has 0 amide bonds. The van der Waals surface area contributed by atoms with E-state index in [-0.39, 0.29) is 29.2 Å². The molecule has 0 spiro atoms. The largest absolute Gasteiger partial charge is 0.465 e. The average Bonchev–Trinajstić information content (AvgIpc) is 3.07. The monoisotopic (exact) mass is 412 g/mol. The number of hydrogen-bond donors (Lipinski definition) is 0. The lowest BCUT2D eigenvalue weighted by Gasteiger charge is -2.40. The highest BCUT2D eigenvalue weighted by molar-refractivity contribution is 5.76. The Morgan fingerprint density at radius 3 is 2.47 bits per heavy atom. The van der Waals surface area contributed by atoms with Gasteiger partial charge in [-0.1, -0.05) is 30.3 Å². The lowest BCUT2D eigenvalue weighted by atomic mass is 9.89. The van der Waals surface area contributed by atoms with Crippen LogP contribution in [0.15, 0.2) is 39.9 Å². The number of benzene rings is 1. The summed E-state index contributed by atoms with van der Waals surface area (Å²) in [6.45, 7) is 3.37. The van der Waals surface area contributed by atoms with Crippen LogP contribution in [0.3, 0.4) is 0 Å². The summed E-state index contributed by atoms with van der Waals surface area (Å²) in [5, 5.41) is 0. The van der Waals surface area contributed by atoms with Gasteiger partial charge in [-0.2, -0.15) is 0 Å². The molecule has 0 N–H and O–H groups in total. The van der Waals surface area contributed by atoms with E-state index < -0.39 is 6.04 Å². The zero-order chi connectivity index (χ0) is 21.6. The molecule has 8 heteroatoms. The minimum atomic E-state index is -0.397. The fraction of sp³-hybridized carbons (Fsp3) is 0.500. The van der Waals surface area contributed by atoms with Gasteiger partial charge in [-0.15, -0.1) is 0 Å². The van der Waals surface area contributed by atoms with E-state index in [0.717, 1.165) is 10.1 Å². The third-order valence-corrected chi connectivity index (χ3v) is 6.40. The number of ether oxygens (including phenoxy) is 1. The van der Waals surface area contributed by atoms with Crippen LogP contribution in [0.4, 0.5) is 5.82 Å². The van der Waals surface area contributed by atoms with E-state index in [1.54, 1.807) is 18.5 Å². The zero-order valence-electron chi connectivity index (χ0n) is 17.9. The molecule has 160 valence electrons. The molecule has 0 saturated carbocycles. The Bertz CT molecular complexity index is 1080. The quantitative estimate of drug-likeness (QED) is 0.698. The highest BCUT2D eigenvalue weighted by Crippen LogP contribution is 2.46. The van der Waals surface area contributed by atoms with Gasteiger partial charge in [0.25, 0.3) is 5.56 Å².